The van der Waals surface area contributed by atoms with Gasteiger partial charge in [-0.05, 0) is 77.2 Å². The number of carbonyl (C=O) groups is 1. The third-order valence-electron chi connectivity index (χ3n) is 4.39. The van der Waals surface area contributed by atoms with Gasteiger partial charge in [0, 0.05) is 24.5 Å². The fraction of sp³-hybridized carbons (Fsp3) is 0.350. The van der Waals surface area contributed by atoms with Crippen LogP contribution in [0.2, 0.25) is 0 Å². The summed E-state index contributed by atoms with van der Waals surface area (Å²) >= 11 is 3.48. The van der Waals surface area contributed by atoms with Gasteiger partial charge in [-0.2, -0.15) is 0 Å². The van der Waals surface area contributed by atoms with E-state index in [1.165, 1.54) is 24.1 Å². The second-order valence-electron chi connectivity index (χ2n) is 6.20. The number of carbonyl (C=O) groups excluding carboxylic acids is 1. The molecule has 1 fully saturated rings. The lowest BCUT2D eigenvalue weighted by Crippen LogP contribution is -2.20. The first kappa shape index (κ1) is 17.8. The molecule has 0 aromatic heterocycles. The summed E-state index contributed by atoms with van der Waals surface area (Å²) in [5.41, 5.74) is 3.23. The molecule has 0 radical (unpaired) electrons. The molecular weight excluding hydrogens is 380 g/mol. The van der Waals surface area contributed by atoms with Crippen molar-refractivity contribution in [3.8, 4) is 5.75 Å². The lowest BCUT2D eigenvalue weighted by atomic mass is 10.2. The van der Waals surface area contributed by atoms with Gasteiger partial charge in [-0.3, -0.25) is 4.79 Å². The molecule has 0 atom stereocenters. The first-order chi connectivity index (χ1) is 12.2. The minimum absolute atomic E-state index is 0.0159. The van der Waals surface area contributed by atoms with E-state index in [9.17, 15) is 4.79 Å². The van der Waals surface area contributed by atoms with Gasteiger partial charge in [0.15, 0.2) is 6.61 Å². The number of nitrogens with zero attached hydrogens (tertiary/aromatic N) is 1. The van der Waals surface area contributed by atoms with Crippen molar-refractivity contribution in [1.29, 1.82) is 0 Å². The molecule has 0 spiro atoms. The zero-order valence-corrected chi connectivity index (χ0v) is 16.0. The van der Waals surface area contributed by atoms with Crippen LogP contribution in [0.5, 0.6) is 5.75 Å². The molecule has 2 aromatic carbocycles. The highest BCUT2D eigenvalue weighted by Gasteiger charge is 2.12. The normalized spacial score (nSPS) is 13.8. The molecule has 2 aromatic rings. The average Bonchev–Trinajstić information content (AvgIpc) is 3.16. The topological polar surface area (TPSA) is 41.6 Å². The minimum Gasteiger partial charge on any atom is -0.483 e. The predicted octanol–water partition coefficient (Wildman–Crippen LogP) is 4.63. The van der Waals surface area contributed by atoms with Gasteiger partial charge in [0.1, 0.15) is 5.75 Å². The third-order valence-corrected chi connectivity index (χ3v) is 5.01. The second kappa shape index (κ2) is 8.39. The fourth-order valence-electron chi connectivity index (χ4n) is 2.95. The van der Waals surface area contributed by atoms with Crippen molar-refractivity contribution in [1.82, 2.24) is 0 Å². The number of amides is 1. The summed E-state index contributed by atoms with van der Waals surface area (Å²) in [5, 5.41) is 2.87. The summed E-state index contributed by atoms with van der Waals surface area (Å²) in [6, 6.07) is 13.9. The maximum Gasteiger partial charge on any atom is 0.262 e. The fourth-order valence-corrected chi connectivity index (χ4v) is 3.49. The summed E-state index contributed by atoms with van der Waals surface area (Å²) < 4.78 is 6.48. The van der Waals surface area contributed by atoms with E-state index >= 15 is 0 Å². The molecule has 1 N–H and O–H groups in total. The van der Waals surface area contributed by atoms with Crippen LogP contribution in [0.3, 0.4) is 0 Å². The molecule has 0 saturated carbocycles. The monoisotopic (exact) mass is 402 g/mol. The third kappa shape index (κ3) is 4.75. The van der Waals surface area contributed by atoms with Crippen molar-refractivity contribution in [2.75, 3.05) is 29.9 Å². The van der Waals surface area contributed by atoms with Crippen LogP contribution in [0.15, 0.2) is 46.9 Å². The highest BCUT2D eigenvalue weighted by atomic mass is 79.9. The van der Waals surface area contributed by atoms with Crippen LogP contribution < -0.4 is 15.0 Å². The Morgan fingerprint density at radius 2 is 1.88 bits per heavy atom. The van der Waals surface area contributed by atoms with E-state index in [0.29, 0.717) is 5.75 Å². The Kier molecular flexibility index (Phi) is 5.97. The Balaban J connectivity index is 1.52. The lowest BCUT2D eigenvalue weighted by Gasteiger charge is -2.17. The van der Waals surface area contributed by atoms with Crippen molar-refractivity contribution in [3.05, 3.63) is 52.5 Å². The number of rotatable bonds is 6. The van der Waals surface area contributed by atoms with Gasteiger partial charge in [0.25, 0.3) is 5.91 Å². The van der Waals surface area contributed by atoms with Crippen LogP contribution >= 0.6 is 15.9 Å². The minimum atomic E-state index is -0.166. The number of nitrogens with one attached hydrogen (secondary N) is 1. The number of aryl methyl sites for hydroxylation is 1. The van der Waals surface area contributed by atoms with Gasteiger partial charge in [-0.15, -0.1) is 0 Å². The van der Waals surface area contributed by atoms with Crippen molar-refractivity contribution in [2.24, 2.45) is 0 Å². The summed E-state index contributed by atoms with van der Waals surface area (Å²) in [7, 11) is 0. The molecule has 1 heterocycles. The maximum absolute atomic E-state index is 12.1. The molecule has 1 aliphatic rings. The Labute approximate surface area is 157 Å². The summed E-state index contributed by atoms with van der Waals surface area (Å²) in [4.78, 5) is 14.5. The summed E-state index contributed by atoms with van der Waals surface area (Å²) in [6.45, 7) is 4.32. The lowest BCUT2D eigenvalue weighted by molar-refractivity contribution is -0.118. The SMILES string of the molecule is CCc1ccc(OCC(=O)Nc2ccc(N3CCCC3)cc2)c(Br)c1. The number of anilines is 2. The second-order valence-corrected chi connectivity index (χ2v) is 7.05. The van der Waals surface area contributed by atoms with E-state index in [-0.39, 0.29) is 12.5 Å². The average molecular weight is 403 g/mol. The van der Waals surface area contributed by atoms with E-state index in [1.807, 2.05) is 30.3 Å². The zero-order chi connectivity index (χ0) is 17.6. The van der Waals surface area contributed by atoms with Crippen LogP contribution in [0.25, 0.3) is 0 Å². The standard InChI is InChI=1S/C20H23BrN2O2/c1-2-15-5-10-19(18(21)13-15)25-14-20(24)22-16-6-8-17(9-7-16)23-11-3-4-12-23/h5-10,13H,2-4,11-12,14H2,1H3,(H,22,24). The molecule has 1 saturated heterocycles. The molecule has 132 valence electrons. The van der Waals surface area contributed by atoms with Gasteiger partial charge in [0.2, 0.25) is 0 Å². The van der Waals surface area contributed by atoms with E-state index < -0.39 is 0 Å². The molecule has 3 rings (SSSR count). The van der Waals surface area contributed by atoms with Crippen LogP contribution in [0, 0.1) is 0 Å². The number of benzene rings is 2. The molecular formula is C20H23BrN2O2. The van der Waals surface area contributed by atoms with Crippen LogP contribution in [-0.4, -0.2) is 25.6 Å². The molecule has 0 aliphatic carbocycles. The van der Waals surface area contributed by atoms with E-state index in [1.54, 1.807) is 0 Å². The Hall–Kier alpha value is -2.01. The quantitative estimate of drug-likeness (QED) is 0.765. The Bertz CT molecular complexity index is 725. The van der Waals surface area contributed by atoms with E-state index in [2.05, 4.69) is 45.2 Å². The Morgan fingerprint density at radius 3 is 2.52 bits per heavy atom. The molecule has 0 unspecified atom stereocenters. The Morgan fingerprint density at radius 1 is 1.16 bits per heavy atom. The maximum atomic E-state index is 12.1. The molecule has 4 nitrogen and oxygen atoms in total. The van der Waals surface area contributed by atoms with Gasteiger partial charge in [-0.1, -0.05) is 13.0 Å². The van der Waals surface area contributed by atoms with E-state index in [0.717, 1.165) is 29.7 Å². The summed E-state index contributed by atoms with van der Waals surface area (Å²) in [6.07, 6.45) is 3.47. The van der Waals surface area contributed by atoms with Gasteiger partial charge < -0.3 is 15.0 Å². The van der Waals surface area contributed by atoms with Crippen molar-refractivity contribution in [3.63, 3.8) is 0 Å². The van der Waals surface area contributed by atoms with Gasteiger partial charge >= 0.3 is 0 Å². The number of halogens is 1. The molecule has 1 amide bonds. The van der Waals surface area contributed by atoms with E-state index in [4.69, 9.17) is 4.74 Å². The summed E-state index contributed by atoms with van der Waals surface area (Å²) in [5.74, 6) is 0.511. The molecule has 5 heteroatoms. The first-order valence-corrected chi connectivity index (χ1v) is 9.51. The highest BCUT2D eigenvalue weighted by molar-refractivity contribution is 9.10. The van der Waals surface area contributed by atoms with Crippen LogP contribution in [0.4, 0.5) is 11.4 Å². The predicted molar refractivity (Wildman–Crippen MR) is 106 cm³/mol. The molecule has 0 bridgehead atoms. The van der Waals surface area contributed by atoms with Crippen molar-refractivity contribution >= 4 is 33.2 Å². The van der Waals surface area contributed by atoms with Gasteiger partial charge in [-0.25, -0.2) is 0 Å². The number of ether oxygens (including phenoxy) is 1. The number of hydrogen-bond acceptors (Lipinski definition) is 3. The molecule has 1 aliphatic heterocycles. The molecule has 25 heavy (non-hydrogen) atoms. The largest absolute Gasteiger partial charge is 0.483 e. The van der Waals surface area contributed by atoms with Crippen LogP contribution in [0.1, 0.15) is 25.3 Å². The highest BCUT2D eigenvalue weighted by Crippen LogP contribution is 2.26. The smallest absolute Gasteiger partial charge is 0.262 e. The first-order valence-electron chi connectivity index (χ1n) is 8.72. The van der Waals surface area contributed by atoms with Crippen molar-refractivity contribution < 1.29 is 9.53 Å². The van der Waals surface area contributed by atoms with Crippen LogP contribution in [-0.2, 0) is 11.2 Å². The van der Waals surface area contributed by atoms with Crippen molar-refractivity contribution in [2.45, 2.75) is 26.2 Å². The zero-order valence-electron chi connectivity index (χ0n) is 14.4. The van der Waals surface area contributed by atoms with Gasteiger partial charge in [0.05, 0.1) is 4.47 Å². The number of hydrogen-bond donors (Lipinski definition) is 1.